The van der Waals surface area contributed by atoms with Crippen molar-refractivity contribution in [3.63, 3.8) is 0 Å². The van der Waals surface area contributed by atoms with Crippen LogP contribution in [0, 0.1) is 0 Å². The molecule has 1 N–H and O–H groups in total. The predicted molar refractivity (Wildman–Crippen MR) is 77.6 cm³/mol. The van der Waals surface area contributed by atoms with Crippen molar-refractivity contribution in [3.8, 4) is 0 Å². The Morgan fingerprint density at radius 3 is 2.67 bits per heavy atom. The smallest absolute Gasteiger partial charge is 0.130 e. The van der Waals surface area contributed by atoms with Crippen molar-refractivity contribution in [2.24, 2.45) is 0 Å². The molecule has 0 aliphatic carbocycles. The number of hydrogen-bond donors (Lipinski definition) is 1. The molecular weight excluding hydrogens is 290 g/mol. The van der Waals surface area contributed by atoms with Crippen LogP contribution >= 0.6 is 15.9 Å². The molecular formula is C14H18BrN3. The number of nitrogens with zero attached hydrogens (tertiary/aromatic N) is 2. The maximum absolute atomic E-state index is 4.49. The van der Waals surface area contributed by atoms with Gasteiger partial charge in [-0.2, -0.15) is 0 Å². The first-order chi connectivity index (χ1) is 8.76. The number of aromatic nitrogens is 2. The summed E-state index contributed by atoms with van der Waals surface area (Å²) in [6.07, 6.45) is 5.02. The van der Waals surface area contributed by atoms with E-state index in [4.69, 9.17) is 0 Å². The quantitative estimate of drug-likeness (QED) is 0.918. The molecule has 0 spiro atoms. The lowest BCUT2D eigenvalue weighted by Crippen LogP contribution is -2.22. The molecule has 1 atom stereocenters. The summed E-state index contributed by atoms with van der Waals surface area (Å²) < 4.78 is 3.31. The Hall–Kier alpha value is -1.13. The second-order valence-corrected chi connectivity index (χ2v) is 5.17. The lowest BCUT2D eigenvalue weighted by Gasteiger charge is -2.18. The molecule has 1 aromatic carbocycles. The van der Waals surface area contributed by atoms with Crippen LogP contribution in [0.4, 0.5) is 0 Å². The van der Waals surface area contributed by atoms with Crippen LogP contribution in [0.1, 0.15) is 30.8 Å². The minimum atomic E-state index is 0.139. The molecule has 1 heterocycles. The Labute approximate surface area is 116 Å². The fraction of sp³-hybridized carbons (Fsp3) is 0.357. The van der Waals surface area contributed by atoms with Crippen molar-refractivity contribution in [2.45, 2.75) is 25.9 Å². The van der Waals surface area contributed by atoms with Crippen LogP contribution < -0.4 is 5.32 Å². The van der Waals surface area contributed by atoms with Crippen LogP contribution in [-0.4, -0.2) is 16.6 Å². The van der Waals surface area contributed by atoms with Gasteiger partial charge in [0.05, 0.1) is 6.04 Å². The number of imidazole rings is 1. The maximum Gasteiger partial charge on any atom is 0.130 e. The summed E-state index contributed by atoms with van der Waals surface area (Å²) in [5.74, 6) is 1.07. The third-order valence-electron chi connectivity index (χ3n) is 2.96. The summed E-state index contributed by atoms with van der Waals surface area (Å²) in [7, 11) is 1.97. The van der Waals surface area contributed by atoms with E-state index in [1.807, 2.05) is 19.4 Å². The zero-order chi connectivity index (χ0) is 13.0. The number of nitrogens with one attached hydrogen (secondary N) is 1. The molecule has 1 aromatic heterocycles. The zero-order valence-electron chi connectivity index (χ0n) is 10.7. The fourth-order valence-corrected chi connectivity index (χ4v) is 2.38. The van der Waals surface area contributed by atoms with Gasteiger partial charge in [-0.25, -0.2) is 4.98 Å². The average Bonchev–Trinajstić information content (AvgIpc) is 2.82. The van der Waals surface area contributed by atoms with Gasteiger partial charge >= 0.3 is 0 Å². The molecule has 1 unspecified atom stereocenters. The van der Waals surface area contributed by atoms with Crippen LogP contribution in [0.5, 0.6) is 0 Å². The molecule has 2 rings (SSSR count). The third-order valence-corrected chi connectivity index (χ3v) is 3.49. The van der Waals surface area contributed by atoms with E-state index in [0.717, 1.165) is 23.3 Å². The second kappa shape index (κ2) is 6.16. The van der Waals surface area contributed by atoms with E-state index in [9.17, 15) is 0 Å². The van der Waals surface area contributed by atoms with Crippen LogP contribution in [0.3, 0.4) is 0 Å². The van der Waals surface area contributed by atoms with E-state index in [1.165, 1.54) is 5.56 Å². The highest BCUT2D eigenvalue weighted by Gasteiger charge is 2.16. The van der Waals surface area contributed by atoms with Crippen molar-refractivity contribution < 1.29 is 0 Å². The summed E-state index contributed by atoms with van der Waals surface area (Å²) in [4.78, 5) is 4.49. The Bertz CT molecular complexity index is 490. The van der Waals surface area contributed by atoms with Crippen LogP contribution in [0.2, 0.25) is 0 Å². The molecule has 0 amide bonds. The highest BCUT2D eigenvalue weighted by atomic mass is 79.9. The van der Waals surface area contributed by atoms with Gasteiger partial charge in [0, 0.05) is 23.4 Å². The van der Waals surface area contributed by atoms with Gasteiger partial charge in [-0.05, 0) is 31.2 Å². The van der Waals surface area contributed by atoms with E-state index in [0.29, 0.717) is 0 Å². The normalized spacial score (nSPS) is 12.6. The van der Waals surface area contributed by atoms with Crippen molar-refractivity contribution in [1.82, 2.24) is 14.9 Å². The Kier molecular flexibility index (Phi) is 4.55. The van der Waals surface area contributed by atoms with E-state index in [-0.39, 0.29) is 6.04 Å². The van der Waals surface area contributed by atoms with Gasteiger partial charge in [0.2, 0.25) is 0 Å². The third kappa shape index (κ3) is 2.82. The maximum atomic E-state index is 4.49. The van der Waals surface area contributed by atoms with Crippen molar-refractivity contribution in [1.29, 1.82) is 0 Å². The minimum Gasteiger partial charge on any atom is -0.333 e. The van der Waals surface area contributed by atoms with Gasteiger partial charge in [0.1, 0.15) is 5.82 Å². The average molecular weight is 308 g/mol. The number of hydrogen-bond acceptors (Lipinski definition) is 2. The minimum absolute atomic E-state index is 0.139. The van der Waals surface area contributed by atoms with Crippen LogP contribution in [-0.2, 0) is 6.54 Å². The molecule has 3 nitrogen and oxygen atoms in total. The van der Waals surface area contributed by atoms with Crippen molar-refractivity contribution in [2.75, 3.05) is 7.05 Å². The van der Waals surface area contributed by atoms with Crippen LogP contribution in [0.15, 0.2) is 41.1 Å². The van der Waals surface area contributed by atoms with E-state index in [2.05, 4.69) is 62.0 Å². The van der Waals surface area contributed by atoms with Gasteiger partial charge in [0.25, 0.3) is 0 Å². The van der Waals surface area contributed by atoms with Gasteiger partial charge in [-0.1, -0.05) is 35.0 Å². The molecule has 0 fully saturated rings. The molecule has 0 saturated carbocycles. The summed E-state index contributed by atoms with van der Waals surface area (Å²) in [6.45, 7) is 3.18. The molecule has 18 heavy (non-hydrogen) atoms. The highest BCUT2D eigenvalue weighted by Crippen LogP contribution is 2.22. The number of rotatable bonds is 5. The lowest BCUT2D eigenvalue weighted by atomic mass is 10.1. The molecule has 0 saturated heterocycles. The summed E-state index contributed by atoms with van der Waals surface area (Å²) in [5.41, 5.74) is 1.23. The second-order valence-electron chi connectivity index (χ2n) is 4.25. The molecule has 0 aliphatic heterocycles. The number of aryl methyl sites for hydroxylation is 1. The first kappa shape index (κ1) is 13.3. The summed E-state index contributed by atoms with van der Waals surface area (Å²) in [6, 6.07) is 8.51. The molecule has 4 heteroatoms. The van der Waals surface area contributed by atoms with Gasteiger partial charge < -0.3 is 9.88 Å². The topological polar surface area (TPSA) is 29.9 Å². The van der Waals surface area contributed by atoms with E-state index in [1.54, 1.807) is 0 Å². The first-order valence-electron chi connectivity index (χ1n) is 6.20. The molecule has 0 bridgehead atoms. The predicted octanol–water partition coefficient (Wildman–Crippen LogP) is 3.36. The largest absolute Gasteiger partial charge is 0.333 e. The Balaban J connectivity index is 2.32. The monoisotopic (exact) mass is 307 g/mol. The fourth-order valence-electron chi connectivity index (χ4n) is 2.11. The first-order valence-corrected chi connectivity index (χ1v) is 6.99. The molecule has 0 aliphatic rings. The van der Waals surface area contributed by atoms with Crippen molar-refractivity contribution >= 4 is 15.9 Å². The summed E-state index contributed by atoms with van der Waals surface area (Å²) in [5, 5.41) is 3.34. The number of benzene rings is 1. The SMILES string of the molecule is CCCn1ccnc1C(NC)c1ccc(Br)cc1. The van der Waals surface area contributed by atoms with E-state index < -0.39 is 0 Å². The van der Waals surface area contributed by atoms with Crippen molar-refractivity contribution in [3.05, 3.63) is 52.5 Å². The summed E-state index contributed by atoms with van der Waals surface area (Å²) >= 11 is 3.46. The standard InChI is InChI=1S/C14H18BrN3/c1-3-9-18-10-8-17-14(18)13(16-2)11-4-6-12(15)7-5-11/h4-8,10,13,16H,3,9H2,1-2H3. The highest BCUT2D eigenvalue weighted by molar-refractivity contribution is 9.10. The van der Waals surface area contributed by atoms with Crippen LogP contribution in [0.25, 0.3) is 0 Å². The van der Waals surface area contributed by atoms with Gasteiger partial charge in [-0.15, -0.1) is 0 Å². The number of halogens is 1. The lowest BCUT2D eigenvalue weighted by molar-refractivity contribution is 0.568. The molecule has 96 valence electrons. The van der Waals surface area contributed by atoms with Gasteiger partial charge in [0.15, 0.2) is 0 Å². The Morgan fingerprint density at radius 1 is 1.33 bits per heavy atom. The Morgan fingerprint density at radius 2 is 2.06 bits per heavy atom. The molecule has 2 aromatic rings. The van der Waals surface area contributed by atoms with E-state index >= 15 is 0 Å². The molecule has 0 radical (unpaired) electrons. The van der Waals surface area contributed by atoms with Gasteiger partial charge in [-0.3, -0.25) is 0 Å². The zero-order valence-corrected chi connectivity index (χ0v) is 12.3.